The van der Waals surface area contributed by atoms with Crippen molar-refractivity contribution < 1.29 is 13.3 Å². The van der Waals surface area contributed by atoms with E-state index in [1.54, 1.807) is 0 Å². The van der Waals surface area contributed by atoms with Crippen molar-refractivity contribution in [3.05, 3.63) is 51.3 Å². The van der Waals surface area contributed by atoms with E-state index in [2.05, 4.69) is 16.1 Å². The van der Waals surface area contributed by atoms with Crippen LogP contribution in [0, 0.1) is 10.1 Å². The van der Waals surface area contributed by atoms with E-state index in [9.17, 15) is 18.5 Å². The molecule has 1 aromatic rings. The average Bonchev–Trinajstić information content (AvgIpc) is 2.90. The molecule has 0 spiro atoms. The zero-order valence-corrected chi connectivity index (χ0v) is 12.7. The Morgan fingerprint density at radius 1 is 1.29 bits per heavy atom. The van der Waals surface area contributed by atoms with E-state index in [4.69, 9.17) is 5.14 Å². The number of thiol groups is 1. The number of nitrogens with two attached hydrogens (primary N) is 1. The fourth-order valence-electron chi connectivity index (χ4n) is 1.83. The molecule has 114 valence electrons. The minimum absolute atomic E-state index is 0.272. The monoisotopic (exact) mass is 329 g/mol. The van der Waals surface area contributed by atoms with Crippen molar-refractivity contribution in [2.24, 2.45) is 5.14 Å². The van der Waals surface area contributed by atoms with Gasteiger partial charge in [0.25, 0.3) is 5.69 Å². The summed E-state index contributed by atoms with van der Waals surface area (Å²) in [4.78, 5) is 10.1. The molecule has 0 bridgehead atoms. The molecule has 21 heavy (non-hydrogen) atoms. The quantitative estimate of drug-likeness (QED) is 0.417. The molecule has 0 saturated heterocycles. The van der Waals surface area contributed by atoms with Crippen LogP contribution in [-0.4, -0.2) is 25.6 Å². The highest BCUT2D eigenvalue weighted by atomic mass is 32.2. The number of nitro benzene ring substituents is 1. The summed E-state index contributed by atoms with van der Waals surface area (Å²) >= 11 is 0. The lowest BCUT2D eigenvalue weighted by molar-refractivity contribution is -0.384. The number of nitrogens with one attached hydrogen (secondary N) is 1. The number of hydrogen-bond donors (Lipinski definition) is 3. The van der Waals surface area contributed by atoms with Crippen LogP contribution in [0.5, 0.6) is 0 Å². The lowest BCUT2D eigenvalue weighted by Gasteiger charge is -2.12. The topological polar surface area (TPSA) is 115 Å². The highest BCUT2D eigenvalue weighted by Crippen LogP contribution is 2.33. The summed E-state index contributed by atoms with van der Waals surface area (Å²) in [6.07, 6.45) is 3.96. The number of nitro groups is 1. The molecular weight excluding hydrogens is 314 g/mol. The Labute approximate surface area is 125 Å². The summed E-state index contributed by atoms with van der Waals surface area (Å²) in [5.74, 6) is 0.858. The molecule has 0 radical (unpaired) electrons. The first kappa shape index (κ1) is 15.5. The molecule has 0 aromatic heterocycles. The number of anilines is 1. The summed E-state index contributed by atoms with van der Waals surface area (Å²) in [5.41, 5.74) is -0.0126. The maximum atomic E-state index is 11.2. The summed E-state index contributed by atoms with van der Waals surface area (Å²) in [5, 5.41) is 23.2. The molecule has 2 rings (SSSR count). The molecular formula is C12H15N3O4S2. The average molecular weight is 329 g/mol. The maximum absolute atomic E-state index is 11.2. The molecule has 9 heteroatoms. The second kappa shape index (κ2) is 6.29. The van der Waals surface area contributed by atoms with Gasteiger partial charge in [0.15, 0.2) is 0 Å². The fourth-order valence-corrected chi connectivity index (χ4v) is 3.77. The second-order valence-electron chi connectivity index (χ2n) is 4.33. The van der Waals surface area contributed by atoms with Gasteiger partial charge in [0.1, 0.15) is 5.69 Å². The number of rotatable bonds is 6. The van der Waals surface area contributed by atoms with Gasteiger partial charge in [0.2, 0.25) is 10.0 Å². The Bertz CT molecular complexity index is 701. The van der Waals surface area contributed by atoms with Crippen LogP contribution in [0.4, 0.5) is 11.4 Å². The predicted octanol–water partition coefficient (Wildman–Crippen LogP) is 1.70. The van der Waals surface area contributed by atoms with Gasteiger partial charge in [0.05, 0.1) is 9.82 Å². The lowest BCUT2D eigenvalue weighted by Crippen LogP contribution is -2.13. The maximum Gasteiger partial charge on any atom is 0.293 e. The van der Waals surface area contributed by atoms with Gasteiger partial charge in [0, 0.05) is 12.6 Å². The van der Waals surface area contributed by atoms with Crippen molar-refractivity contribution in [1.82, 2.24) is 0 Å². The van der Waals surface area contributed by atoms with E-state index in [0.29, 0.717) is 6.54 Å². The lowest BCUT2D eigenvalue weighted by atomic mass is 10.2. The molecule has 0 saturated carbocycles. The summed E-state index contributed by atoms with van der Waals surface area (Å²) < 4.78 is 22.5. The van der Waals surface area contributed by atoms with Crippen LogP contribution in [0.2, 0.25) is 0 Å². The van der Waals surface area contributed by atoms with Crippen LogP contribution in [0.1, 0.15) is 0 Å². The third kappa shape index (κ3) is 4.06. The standard InChI is InChI=1S/C12H15N3O4S2/c13-21(18,19)10-3-4-11(12(9-10)15(16)17)14-5-8-20-6-1-2-7-20/h1-4,6-7,9,14,20H,5,8H2,(H2,13,18,19). The third-order valence-electron chi connectivity index (χ3n) is 2.85. The molecule has 3 N–H and O–H groups in total. The number of hydrogen-bond acceptors (Lipinski definition) is 5. The van der Waals surface area contributed by atoms with Crippen LogP contribution in [0.15, 0.2) is 46.1 Å². The number of benzene rings is 1. The molecule has 0 atom stereocenters. The van der Waals surface area contributed by atoms with E-state index in [1.165, 1.54) is 12.1 Å². The van der Waals surface area contributed by atoms with Gasteiger partial charge >= 0.3 is 0 Å². The zero-order valence-electron chi connectivity index (χ0n) is 11.0. The van der Waals surface area contributed by atoms with Gasteiger partial charge in [-0.3, -0.25) is 10.1 Å². The third-order valence-corrected chi connectivity index (χ3v) is 5.61. The van der Waals surface area contributed by atoms with Crippen LogP contribution in [-0.2, 0) is 10.0 Å². The minimum Gasteiger partial charge on any atom is -0.379 e. The first-order valence-corrected chi connectivity index (χ1v) is 9.25. The van der Waals surface area contributed by atoms with E-state index >= 15 is 0 Å². The van der Waals surface area contributed by atoms with Gasteiger partial charge in [-0.25, -0.2) is 24.5 Å². The normalized spacial score (nSPS) is 15.4. The summed E-state index contributed by atoms with van der Waals surface area (Å²) in [7, 11) is -4.26. The van der Waals surface area contributed by atoms with E-state index in [0.717, 1.165) is 11.8 Å². The summed E-state index contributed by atoms with van der Waals surface area (Å²) in [6, 6.07) is 3.59. The van der Waals surface area contributed by atoms with Crippen molar-refractivity contribution in [2.45, 2.75) is 4.90 Å². The van der Waals surface area contributed by atoms with Crippen molar-refractivity contribution >= 4 is 32.3 Å². The second-order valence-corrected chi connectivity index (χ2v) is 7.96. The summed E-state index contributed by atoms with van der Waals surface area (Å²) in [6.45, 7) is 0.565. The van der Waals surface area contributed by atoms with Crippen LogP contribution in [0.3, 0.4) is 0 Å². The molecule has 1 aliphatic heterocycles. The van der Waals surface area contributed by atoms with E-state index in [-0.39, 0.29) is 27.2 Å². The molecule has 7 nitrogen and oxygen atoms in total. The molecule has 0 unspecified atom stereocenters. The van der Waals surface area contributed by atoms with Crippen LogP contribution >= 0.6 is 10.9 Å². The first-order valence-electron chi connectivity index (χ1n) is 6.04. The van der Waals surface area contributed by atoms with Gasteiger partial charge in [-0.15, -0.1) is 0 Å². The van der Waals surface area contributed by atoms with Crippen molar-refractivity contribution in [3.8, 4) is 0 Å². The Balaban J connectivity index is 2.13. The molecule has 1 heterocycles. The Kier molecular flexibility index (Phi) is 4.66. The minimum atomic E-state index is -3.96. The number of allylic oxidation sites excluding steroid dienone is 2. The first-order chi connectivity index (χ1) is 9.88. The predicted molar refractivity (Wildman–Crippen MR) is 85.1 cm³/mol. The van der Waals surface area contributed by atoms with Crippen molar-refractivity contribution in [2.75, 3.05) is 17.6 Å². The SMILES string of the molecule is NS(=O)(=O)c1ccc(NCC[SH]2C=CC=C2)c([N+](=O)[O-])c1. The highest BCUT2D eigenvalue weighted by Gasteiger charge is 2.18. The zero-order chi connectivity index (χ0) is 15.5. The molecule has 0 fully saturated rings. The Hall–Kier alpha value is -1.84. The highest BCUT2D eigenvalue weighted by molar-refractivity contribution is 8.22. The number of primary sulfonamides is 1. The fraction of sp³-hybridized carbons (Fsp3) is 0.167. The smallest absolute Gasteiger partial charge is 0.293 e. The number of nitrogens with zero attached hydrogens (tertiary/aromatic N) is 1. The van der Waals surface area contributed by atoms with Gasteiger partial charge in [-0.2, -0.15) is 0 Å². The Morgan fingerprint density at radius 2 is 1.95 bits per heavy atom. The molecule has 0 amide bonds. The van der Waals surface area contributed by atoms with Crippen molar-refractivity contribution in [3.63, 3.8) is 0 Å². The molecule has 1 aliphatic rings. The van der Waals surface area contributed by atoms with E-state index in [1.807, 2.05) is 12.2 Å². The molecule has 0 aliphatic carbocycles. The van der Waals surface area contributed by atoms with E-state index < -0.39 is 14.9 Å². The van der Waals surface area contributed by atoms with Gasteiger partial charge < -0.3 is 5.32 Å². The van der Waals surface area contributed by atoms with Crippen LogP contribution < -0.4 is 10.5 Å². The van der Waals surface area contributed by atoms with Gasteiger partial charge in [-0.05, 0) is 28.7 Å². The Morgan fingerprint density at radius 3 is 2.52 bits per heavy atom. The largest absolute Gasteiger partial charge is 0.379 e. The molecule has 1 aromatic carbocycles. The number of sulfonamides is 1. The van der Waals surface area contributed by atoms with Crippen LogP contribution in [0.25, 0.3) is 0 Å². The van der Waals surface area contributed by atoms with Crippen molar-refractivity contribution in [1.29, 1.82) is 0 Å². The van der Waals surface area contributed by atoms with Gasteiger partial charge in [-0.1, -0.05) is 12.2 Å².